The number of hydrogen-bond donors (Lipinski definition) is 0. The molecule has 0 bridgehead atoms. The standard InChI is InChI=1S/C25H50O10/c1-5-6-7-8-27-9-10-28-11-12-29-13-14-30-15-16-31-17-18-32-19-20-33-21-22-34-23-24(26)35-25(2,3)4/h5-23H2,1-4H3. The molecule has 0 aromatic heterocycles. The monoisotopic (exact) mass is 510 g/mol. The molecule has 0 aliphatic rings. The molecule has 10 nitrogen and oxygen atoms in total. The van der Waals surface area contributed by atoms with E-state index in [-0.39, 0.29) is 12.6 Å². The van der Waals surface area contributed by atoms with Gasteiger partial charge in [0.15, 0.2) is 0 Å². The van der Waals surface area contributed by atoms with Crippen molar-refractivity contribution in [2.75, 3.05) is 106 Å². The van der Waals surface area contributed by atoms with Crippen LogP contribution in [-0.2, 0) is 47.4 Å². The van der Waals surface area contributed by atoms with Crippen LogP contribution in [0.3, 0.4) is 0 Å². The van der Waals surface area contributed by atoms with Crippen molar-refractivity contribution in [1.29, 1.82) is 0 Å². The predicted molar refractivity (Wildman–Crippen MR) is 132 cm³/mol. The molecular weight excluding hydrogens is 460 g/mol. The maximum atomic E-state index is 11.5. The lowest BCUT2D eigenvalue weighted by Gasteiger charge is -2.19. The number of unbranched alkanes of at least 4 members (excludes halogenated alkanes) is 2. The van der Waals surface area contributed by atoms with Gasteiger partial charge in [-0.2, -0.15) is 0 Å². The molecular formula is C25H50O10. The van der Waals surface area contributed by atoms with E-state index in [1.807, 2.05) is 20.8 Å². The number of carbonyl (C=O) groups excluding carboxylic acids is 1. The molecule has 0 heterocycles. The van der Waals surface area contributed by atoms with Gasteiger partial charge < -0.3 is 42.6 Å². The Morgan fingerprint density at radius 1 is 0.486 bits per heavy atom. The normalized spacial score (nSPS) is 11.8. The molecule has 0 rings (SSSR count). The van der Waals surface area contributed by atoms with Crippen LogP contribution in [0.4, 0.5) is 0 Å². The van der Waals surface area contributed by atoms with Crippen molar-refractivity contribution in [3.8, 4) is 0 Å². The second-order valence-electron chi connectivity index (χ2n) is 8.63. The summed E-state index contributed by atoms with van der Waals surface area (Å²) in [5, 5.41) is 0. The Labute approximate surface area is 212 Å². The first kappa shape index (κ1) is 34.1. The fourth-order valence-corrected chi connectivity index (χ4v) is 2.52. The van der Waals surface area contributed by atoms with Crippen molar-refractivity contribution in [3.05, 3.63) is 0 Å². The topological polar surface area (TPSA) is 100 Å². The van der Waals surface area contributed by atoms with Crippen molar-refractivity contribution in [3.63, 3.8) is 0 Å². The summed E-state index contributed by atoms with van der Waals surface area (Å²) in [6.07, 6.45) is 3.54. The smallest absolute Gasteiger partial charge is 0.332 e. The predicted octanol–water partition coefficient (Wildman–Crippen LogP) is 2.65. The number of rotatable bonds is 27. The van der Waals surface area contributed by atoms with Crippen LogP contribution in [-0.4, -0.2) is 117 Å². The first-order valence-corrected chi connectivity index (χ1v) is 12.8. The van der Waals surface area contributed by atoms with Gasteiger partial charge in [0.05, 0.1) is 92.5 Å². The lowest BCUT2D eigenvalue weighted by atomic mass is 10.2. The quantitative estimate of drug-likeness (QED) is 0.121. The van der Waals surface area contributed by atoms with Gasteiger partial charge in [0, 0.05) is 6.61 Å². The number of carbonyl (C=O) groups is 1. The van der Waals surface area contributed by atoms with Crippen LogP contribution < -0.4 is 0 Å². The summed E-state index contributed by atoms with van der Waals surface area (Å²) in [7, 11) is 0. The summed E-state index contributed by atoms with van der Waals surface area (Å²) in [6.45, 7) is 15.5. The Hall–Kier alpha value is -0.850. The van der Waals surface area contributed by atoms with Crippen molar-refractivity contribution >= 4 is 5.97 Å². The van der Waals surface area contributed by atoms with Crippen molar-refractivity contribution in [2.24, 2.45) is 0 Å². The maximum Gasteiger partial charge on any atom is 0.332 e. The molecule has 35 heavy (non-hydrogen) atoms. The van der Waals surface area contributed by atoms with Gasteiger partial charge >= 0.3 is 5.97 Å². The summed E-state index contributed by atoms with van der Waals surface area (Å²) in [5.74, 6) is -0.379. The van der Waals surface area contributed by atoms with Gasteiger partial charge in [-0.25, -0.2) is 4.79 Å². The first-order chi connectivity index (χ1) is 17.0. The molecule has 0 radical (unpaired) electrons. The molecule has 0 saturated heterocycles. The molecule has 0 atom stereocenters. The summed E-state index contributed by atoms with van der Waals surface area (Å²) < 4.78 is 48.4. The molecule has 0 aromatic carbocycles. The van der Waals surface area contributed by atoms with Crippen molar-refractivity contribution in [1.82, 2.24) is 0 Å². The van der Waals surface area contributed by atoms with Crippen LogP contribution in [0.15, 0.2) is 0 Å². The Morgan fingerprint density at radius 2 is 0.800 bits per heavy atom. The van der Waals surface area contributed by atoms with Crippen LogP contribution in [0.25, 0.3) is 0 Å². The van der Waals surface area contributed by atoms with Crippen molar-refractivity contribution < 1.29 is 47.4 Å². The minimum Gasteiger partial charge on any atom is -0.458 e. The fourth-order valence-electron chi connectivity index (χ4n) is 2.52. The van der Waals surface area contributed by atoms with Crippen LogP contribution in [0.5, 0.6) is 0 Å². The highest BCUT2D eigenvalue weighted by molar-refractivity contribution is 5.71. The van der Waals surface area contributed by atoms with E-state index in [0.717, 1.165) is 13.0 Å². The second kappa shape index (κ2) is 26.2. The average Bonchev–Trinajstić information content (AvgIpc) is 2.80. The Morgan fingerprint density at radius 3 is 1.11 bits per heavy atom. The second-order valence-corrected chi connectivity index (χ2v) is 8.63. The largest absolute Gasteiger partial charge is 0.458 e. The van der Waals surface area contributed by atoms with Gasteiger partial charge in [0.1, 0.15) is 12.2 Å². The highest BCUT2D eigenvalue weighted by atomic mass is 16.6. The van der Waals surface area contributed by atoms with E-state index < -0.39 is 5.60 Å². The lowest BCUT2D eigenvalue weighted by molar-refractivity contribution is -0.160. The molecule has 210 valence electrons. The minimum atomic E-state index is -0.501. The molecule has 0 aliphatic carbocycles. The van der Waals surface area contributed by atoms with Gasteiger partial charge in [0.25, 0.3) is 0 Å². The van der Waals surface area contributed by atoms with Gasteiger partial charge in [-0.05, 0) is 27.2 Å². The zero-order chi connectivity index (χ0) is 25.9. The SMILES string of the molecule is CCCCCOCCOCCOCCOCCOCCOCCOCCOCC(=O)OC(C)(C)C. The molecule has 10 heteroatoms. The fraction of sp³-hybridized carbons (Fsp3) is 0.960. The molecule has 0 spiro atoms. The Kier molecular flexibility index (Phi) is 25.6. The van der Waals surface area contributed by atoms with Crippen LogP contribution in [0.1, 0.15) is 47.0 Å². The Balaban J connectivity index is 3.09. The van der Waals surface area contributed by atoms with E-state index in [2.05, 4.69) is 6.92 Å². The van der Waals surface area contributed by atoms with Gasteiger partial charge in [-0.1, -0.05) is 19.8 Å². The third kappa shape index (κ3) is 31.1. The molecule has 0 fully saturated rings. The van der Waals surface area contributed by atoms with E-state index in [4.69, 9.17) is 42.6 Å². The number of esters is 1. The molecule has 0 N–H and O–H groups in total. The number of ether oxygens (including phenoxy) is 9. The van der Waals surface area contributed by atoms with E-state index in [1.54, 1.807) is 0 Å². The molecule has 0 aromatic rings. The summed E-state index contributed by atoms with van der Waals surface area (Å²) in [5.41, 5.74) is -0.501. The summed E-state index contributed by atoms with van der Waals surface area (Å²) >= 11 is 0. The summed E-state index contributed by atoms with van der Waals surface area (Å²) in [4.78, 5) is 11.5. The molecule has 0 unspecified atom stereocenters. The van der Waals surface area contributed by atoms with E-state index in [9.17, 15) is 4.79 Å². The Bertz CT molecular complexity index is 442. The third-order valence-electron chi connectivity index (χ3n) is 4.14. The van der Waals surface area contributed by atoms with Crippen LogP contribution in [0, 0.1) is 0 Å². The zero-order valence-corrected chi connectivity index (χ0v) is 22.5. The van der Waals surface area contributed by atoms with Gasteiger partial charge in [-0.15, -0.1) is 0 Å². The zero-order valence-electron chi connectivity index (χ0n) is 22.5. The van der Waals surface area contributed by atoms with Crippen molar-refractivity contribution in [2.45, 2.75) is 52.6 Å². The average molecular weight is 511 g/mol. The van der Waals surface area contributed by atoms with Gasteiger partial charge in [0.2, 0.25) is 0 Å². The van der Waals surface area contributed by atoms with E-state index >= 15 is 0 Å². The van der Waals surface area contributed by atoms with E-state index in [1.165, 1.54) is 12.8 Å². The van der Waals surface area contributed by atoms with E-state index in [0.29, 0.717) is 92.5 Å². The first-order valence-electron chi connectivity index (χ1n) is 12.8. The highest BCUT2D eigenvalue weighted by Gasteiger charge is 2.15. The van der Waals surface area contributed by atoms with Crippen LogP contribution >= 0.6 is 0 Å². The molecule has 0 aliphatic heterocycles. The highest BCUT2D eigenvalue weighted by Crippen LogP contribution is 2.06. The summed E-state index contributed by atoms with van der Waals surface area (Å²) in [6, 6.07) is 0. The third-order valence-corrected chi connectivity index (χ3v) is 4.14. The minimum absolute atomic E-state index is 0.0737. The maximum absolute atomic E-state index is 11.5. The number of hydrogen-bond acceptors (Lipinski definition) is 10. The van der Waals surface area contributed by atoms with Gasteiger partial charge in [-0.3, -0.25) is 0 Å². The van der Waals surface area contributed by atoms with Crippen LogP contribution in [0.2, 0.25) is 0 Å². The molecule has 0 saturated carbocycles. The lowest BCUT2D eigenvalue weighted by Crippen LogP contribution is -2.27. The molecule has 0 amide bonds.